The zero-order valence-electron chi connectivity index (χ0n) is 14.8. The molecule has 0 saturated carbocycles. The summed E-state index contributed by atoms with van der Waals surface area (Å²) in [5, 5.41) is 3.51. The molecule has 3 nitrogen and oxygen atoms in total. The van der Waals surface area contributed by atoms with Gasteiger partial charge in [-0.05, 0) is 31.2 Å². The summed E-state index contributed by atoms with van der Waals surface area (Å²) in [5.74, 6) is -0.239. The topological polar surface area (TPSA) is 46.2 Å². The molecular weight excluding hydrogens is 358 g/mol. The summed E-state index contributed by atoms with van der Waals surface area (Å²) < 4.78 is 0. The van der Waals surface area contributed by atoms with Gasteiger partial charge in [0.2, 0.25) is 0 Å². The van der Waals surface area contributed by atoms with Crippen molar-refractivity contribution in [3.8, 4) is 0 Å². The molecule has 0 spiro atoms. The third kappa shape index (κ3) is 4.72. The highest BCUT2D eigenvalue weighted by Gasteiger charge is 2.13. The Labute approximate surface area is 163 Å². The molecule has 4 heteroatoms. The molecule has 0 radical (unpaired) electrons. The van der Waals surface area contributed by atoms with E-state index in [2.05, 4.69) is 5.32 Å². The van der Waals surface area contributed by atoms with Crippen LogP contribution < -0.4 is 5.32 Å². The standard InChI is InChI=1S/C23H18ClNO2/c1-16-6-5-9-18(14-16)22(26)12-13-25-21-15-19(24)10-11-20(21)23(27)17-7-3-2-4-8-17/h2-15,25H,1H3/b13-12-. The van der Waals surface area contributed by atoms with Gasteiger partial charge in [0, 0.05) is 34.0 Å². The summed E-state index contributed by atoms with van der Waals surface area (Å²) in [6.07, 6.45) is 2.96. The molecule has 3 aromatic carbocycles. The van der Waals surface area contributed by atoms with Crippen molar-refractivity contribution in [1.82, 2.24) is 0 Å². The largest absolute Gasteiger partial charge is 0.361 e. The van der Waals surface area contributed by atoms with Crippen molar-refractivity contribution in [1.29, 1.82) is 0 Å². The number of carbonyl (C=O) groups is 2. The molecule has 0 aliphatic rings. The maximum atomic E-state index is 12.8. The Balaban J connectivity index is 1.81. The predicted molar refractivity (Wildman–Crippen MR) is 110 cm³/mol. The highest BCUT2D eigenvalue weighted by atomic mass is 35.5. The minimum atomic E-state index is -0.121. The van der Waals surface area contributed by atoms with Gasteiger partial charge in [-0.3, -0.25) is 9.59 Å². The smallest absolute Gasteiger partial charge is 0.195 e. The number of carbonyl (C=O) groups excluding carboxylic acids is 2. The molecule has 27 heavy (non-hydrogen) atoms. The van der Waals surface area contributed by atoms with E-state index < -0.39 is 0 Å². The molecule has 0 fully saturated rings. The maximum Gasteiger partial charge on any atom is 0.195 e. The van der Waals surface area contributed by atoms with Crippen molar-refractivity contribution in [3.63, 3.8) is 0 Å². The van der Waals surface area contributed by atoms with Crippen LogP contribution in [0.25, 0.3) is 0 Å². The van der Waals surface area contributed by atoms with Crippen LogP contribution in [0.15, 0.2) is 85.1 Å². The van der Waals surface area contributed by atoms with Crippen LogP contribution >= 0.6 is 11.6 Å². The molecule has 0 amide bonds. The Kier molecular flexibility index (Phi) is 5.84. The third-order valence-corrected chi connectivity index (χ3v) is 4.27. The first-order valence-electron chi connectivity index (χ1n) is 8.48. The third-order valence-electron chi connectivity index (χ3n) is 4.04. The van der Waals surface area contributed by atoms with Gasteiger partial charge >= 0.3 is 0 Å². The molecule has 0 saturated heterocycles. The van der Waals surface area contributed by atoms with Crippen molar-refractivity contribution >= 4 is 28.9 Å². The zero-order chi connectivity index (χ0) is 19.2. The van der Waals surface area contributed by atoms with Gasteiger partial charge in [-0.15, -0.1) is 0 Å². The minimum Gasteiger partial charge on any atom is -0.361 e. The fourth-order valence-corrected chi connectivity index (χ4v) is 2.85. The second-order valence-electron chi connectivity index (χ2n) is 6.10. The van der Waals surface area contributed by atoms with E-state index in [1.807, 2.05) is 43.3 Å². The normalized spacial score (nSPS) is 10.7. The Morgan fingerprint density at radius 2 is 1.63 bits per heavy atom. The van der Waals surface area contributed by atoms with Crippen LogP contribution in [0.1, 0.15) is 31.8 Å². The quantitative estimate of drug-likeness (QED) is 0.444. The number of nitrogens with one attached hydrogen (secondary N) is 1. The molecule has 0 atom stereocenters. The van der Waals surface area contributed by atoms with Gasteiger partial charge in [-0.2, -0.15) is 0 Å². The van der Waals surface area contributed by atoms with Crippen LogP contribution in [0.5, 0.6) is 0 Å². The second-order valence-corrected chi connectivity index (χ2v) is 6.53. The molecule has 0 aliphatic heterocycles. The van der Waals surface area contributed by atoms with E-state index in [4.69, 9.17) is 11.6 Å². The van der Waals surface area contributed by atoms with Crippen molar-refractivity contribution in [2.24, 2.45) is 0 Å². The van der Waals surface area contributed by atoms with Gasteiger partial charge in [-0.25, -0.2) is 0 Å². The number of ketones is 2. The summed E-state index contributed by atoms with van der Waals surface area (Å²) in [4.78, 5) is 25.0. The van der Waals surface area contributed by atoms with E-state index in [1.165, 1.54) is 12.3 Å². The lowest BCUT2D eigenvalue weighted by molar-refractivity contribution is 0.103. The Hall–Kier alpha value is -3.17. The van der Waals surface area contributed by atoms with Crippen LogP contribution in [-0.2, 0) is 0 Å². The molecule has 0 aromatic heterocycles. The van der Waals surface area contributed by atoms with Gasteiger partial charge in [0.05, 0.1) is 5.69 Å². The van der Waals surface area contributed by atoms with Crippen molar-refractivity contribution in [2.75, 3.05) is 5.32 Å². The molecular formula is C23H18ClNO2. The summed E-state index contributed by atoms with van der Waals surface area (Å²) in [6.45, 7) is 1.94. The number of benzene rings is 3. The van der Waals surface area contributed by atoms with Crippen molar-refractivity contribution in [2.45, 2.75) is 6.92 Å². The van der Waals surface area contributed by atoms with Crippen LogP contribution in [-0.4, -0.2) is 11.6 Å². The van der Waals surface area contributed by atoms with Gasteiger partial charge < -0.3 is 5.32 Å². The van der Waals surface area contributed by atoms with E-state index in [-0.39, 0.29) is 11.6 Å². The lowest BCUT2D eigenvalue weighted by Crippen LogP contribution is -2.05. The first-order chi connectivity index (χ1) is 13.0. The van der Waals surface area contributed by atoms with Crippen LogP contribution in [0, 0.1) is 6.92 Å². The average molecular weight is 376 g/mol. The number of hydrogen-bond donors (Lipinski definition) is 1. The summed E-state index contributed by atoms with van der Waals surface area (Å²) in [5.41, 5.74) is 3.25. The molecule has 1 N–H and O–H groups in total. The molecule has 0 aliphatic carbocycles. The summed E-state index contributed by atoms with van der Waals surface area (Å²) in [7, 11) is 0. The first-order valence-corrected chi connectivity index (χ1v) is 8.86. The second kappa shape index (κ2) is 8.47. The van der Waals surface area contributed by atoms with E-state index in [9.17, 15) is 9.59 Å². The first kappa shape index (κ1) is 18.6. The fraction of sp³-hybridized carbons (Fsp3) is 0.0435. The SMILES string of the molecule is Cc1cccc(C(=O)/C=C\Nc2cc(Cl)ccc2C(=O)c2ccccc2)c1. The number of halogens is 1. The average Bonchev–Trinajstić information content (AvgIpc) is 2.68. The Morgan fingerprint density at radius 1 is 0.889 bits per heavy atom. The number of hydrogen-bond acceptors (Lipinski definition) is 3. The summed E-state index contributed by atoms with van der Waals surface area (Å²) >= 11 is 6.08. The molecule has 0 unspecified atom stereocenters. The molecule has 0 bridgehead atoms. The van der Waals surface area contributed by atoms with E-state index in [0.29, 0.717) is 27.4 Å². The van der Waals surface area contributed by atoms with Crippen molar-refractivity contribution in [3.05, 3.63) is 112 Å². The lowest BCUT2D eigenvalue weighted by atomic mass is 10.0. The predicted octanol–water partition coefficient (Wildman–Crippen LogP) is 5.69. The number of allylic oxidation sites excluding steroid dienone is 1. The molecule has 134 valence electrons. The number of rotatable bonds is 6. The molecule has 0 heterocycles. The van der Waals surface area contributed by atoms with Gasteiger partial charge in [0.1, 0.15) is 0 Å². The highest BCUT2D eigenvalue weighted by Crippen LogP contribution is 2.24. The van der Waals surface area contributed by atoms with Crippen molar-refractivity contribution < 1.29 is 9.59 Å². The molecule has 3 aromatic rings. The monoisotopic (exact) mass is 375 g/mol. The van der Waals surface area contributed by atoms with Crippen LogP contribution in [0.4, 0.5) is 5.69 Å². The fourth-order valence-electron chi connectivity index (χ4n) is 2.68. The van der Waals surface area contributed by atoms with E-state index in [0.717, 1.165) is 5.56 Å². The van der Waals surface area contributed by atoms with Crippen LogP contribution in [0.2, 0.25) is 5.02 Å². The minimum absolute atomic E-state index is 0.117. The van der Waals surface area contributed by atoms with Gasteiger partial charge in [0.25, 0.3) is 0 Å². The van der Waals surface area contributed by atoms with Gasteiger partial charge in [-0.1, -0.05) is 65.7 Å². The van der Waals surface area contributed by atoms with Gasteiger partial charge in [0.15, 0.2) is 11.6 Å². The number of aryl methyl sites for hydroxylation is 1. The Bertz CT molecular complexity index is 1010. The Morgan fingerprint density at radius 3 is 2.37 bits per heavy atom. The lowest BCUT2D eigenvalue weighted by Gasteiger charge is -2.09. The zero-order valence-corrected chi connectivity index (χ0v) is 15.5. The molecule has 3 rings (SSSR count). The number of anilines is 1. The van der Waals surface area contributed by atoms with Crippen LogP contribution in [0.3, 0.4) is 0 Å². The summed E-state index contributed by atoms with van der Waals surface area (Å²) in [6, 6.07) is 21.4. The highest BCUT2D eigenvalue weighted by molar-refractivity contribution is 6.31. The van der Waals surface area contributed by atoms with E-state index >= 15 is 0 Å². The maximum absolute atomic E-state index is 12.8. The van der Waals surface area contributed by atoms with E-state index in [1.54, 1.807) is 36.4 Å².